The highest BCUT2D eigenvalue weighted by molar-refractivity contribution is 14.1. The zero-order valence-corrected chi connectivity index (χ0v) is 13.1. The molecule has 0 aliphatic heterocycles. The molecule has 0 atom stereocenters. The second kappa shape index (κ2) is 7.42. The van der Waals surface area contributed by atoms with Crippen molar-refractivity contribution in [2.45, 2.75) is 26.7 Å². The molecule has 0 radical (unpaired) electrons. The second-order valence-electron chi connectivity index (χ2n) is 3.60. The standard InChI is InChI=1S/C12H19IO2Si/c1-3-10-14-16(13,15-11-4-2)12-8-6-5-7-9-12/h5-9H,3-4,10-11H2,1-2H3. The van der Waals surface area contributed by atoms with Gasteiger partial charge in [-0.1, -0.05) is 44.2 Å². The molecule has 16 heavy (non-hydrogen) atoms. The molecule has 0 fully saturated rings. The number of rotatable bonds is 7. The molecule has 2 nitrogen and oxygen atoms in total. The van der Waals surface area contributed by atoms with Crippen LogP contribution in [0, 0.1) is 0 Å². The highest BCUT2D eigenvalue weighted by Crippen LogP contribution is 2.17. The highest BCUT2D eigenvalue weighted by Gasteiger charge is 2.36. The Balaban J connectivity index is 2.77. The molecule has 0 saturated heterocycles. The Morgan fingerprint density at radius 1 is 1.00 bits per heavy atom. The first kappa shape index (κ1) is 14.1. The molecule has 0 aliphatic carbocycles. The summed E-state index contributed by atoms with van der Waals surface area (Å²) in [7, 11) is 0. The Bertz CT molecular complexity index is 284. The summed E-state index contributed by atoms with van der Waals surface area (Å²) < 4.78 is 11.9. The van der Waals surface area contributed by atoms with Crippen LogP contribution in [0.15, 0.2) is 30.3 Å². The highest BCUT2D eigenvalue weighted by atomic mass is 127. The topological polar surface area (TPSA) is 18.5 Å². The summed E-state index contributed by atoms with van der Waals surface area (Å²) >= 11 is 2.38. The number of halogens is 1. The first-order valence-electron chi connectivity index (χ1n) is 5.75. The Morgan fingerprint density at radius 3 is 1.94 bits per heavy atom. The summed E-state index contributed by atoms with van der Waals surface area (Å²) in [4.78, 5) is 0. The van der Waals surface area contributed by atoms with Crippen LogP contribution in [0.25, 0.3) is 0 Å². The van der Waals surface area contributed by atoms with Crippen LogP contribution in [0.5, 0.6) is 0 Å². The predicted molar refractivity (Wildman–Crippen MR) is 78.3 cm³/mol. The van der Waals surface area contributed by atoms with Gasteiger partial charge in [-0.15, -0.1) is 0 Å². The van der Waals surface area contributed by atoms with Gasteiger partial charge in [0.2, 0.25) is 0 Å². The molecular weight excluding hydrogens is 331 g/mol. The summed E-state index contributed by atoms with van der Waals surface area (Å²) in [5, 5.41) is 1.21. The average Bonchev–Trinajstić information content (AvgIpc) is 2.35. The van der Waals surface area contributed by atoms with Crippen LogP contribution in [0.1, 0.15) is 26.7 Å². The van der Waals surface area contributed by atoms with Gasteiger partial charge >= 0.3 is 6.06 Å². The molecule has 1 aromatic carbocycles. The summed E-state index contributed by atoms with van der Waals surface area (Å²) in [5.41, 5.74) is 0. The number of hydrogen-bond donors (Lipinski definition) is 0. The van der Waals surface area contributed by atoms with Crippen LogP contribution in [-0.2, 0) is 8.85 Å². The summed E-state index contributed by atoms with van der Waals surface area (Å²) in [6.45, 7) is 5.79. The molecule has 0 amide bonds. The third-order valence-electron chi connectivity index (χ3n) is 2.10. The maximum atomic E-state index is 5.97. The van der Waals surface area contributed by atoms with Crippen molar-refractivity contribution in [3.63, 3.8) is 0 Å². The Kier molecular flexibility index (Phi) is 6.56. The molecular formula is C12H19IO2Si. The van der Waals surface area contributed by atoms with Crippen LogP contribution < -0.4 is 5.19 Å². The van der Waals surface area contributed by atoms with Crippen LogP contribution in [0.4, 0.5) is 0 Å². The van der Waals surface area contributed by atoms with Crippen LogP contribution in [0.2, 0.25) is 0 Å². The summed E-state index contributed by atoms with van der Waals surface area (Å²) in [6.07, 6.45) is 2.06. The van der Waals surface area contributed by atoms with Gasteiger partial charge in [0, 0.05) is 18.4 Å². The van der Waals surface area contributed by atoms with Crippen molar-refractivity contribution in [3.05, 3.63) is 30.3 Å². The number of benzene rings is 1. The van der Waals surface area contributed by atoms with Crippen LogP contribution in [-0.4, -0.2) is 19.3 Å². The Labute approximate surface area is 112 Å². The molecule has 90 valence electrons. The van der Waals surface area contributed by atoms with Crippen molar-refractivity contribution in [3.8, 4) is 0 Å². The maximum Gasteiger partial charge on any atom is 0.442 e. The lowest BCUT2D eigenvalue weighted by Gasteiger charge is -2.24. The van der Waals surface area contributed by atoms with Crippen LogP contribution in [0.3, 0.4) is 0 Å². The molecule has 0 saturated carbocycles. The van der Waals surface area contributed by atoms with Gasteiger partial charge in [0.1, 0.15) is 0 Å². The zero-order valence-electron chi connectivity index (χ0n) is 9.91. The third kappa shape index (κ3) is 4.16. The second-order valence-corrected chi connectivity index (χ2v) is 10.1. The Morgan fingerprint density at radius 2 is 1.50 bits per heavy atom. The van der Waals surface area contributed by atoms with E-state index in [-0.39, 0.29) is 0 Å². The molecule has 0 aromatic heterocycles. The van der Waals surface area contributed by atoms with Gasteiger partial charge in [0.25, 0.3) is 0 Å². The summed E-state index contributed by atoms with van der Waals surface area (Å²) in [6, 6.07) is 8.11. The maximum absolute atomic E-state index is 5.97. The molecule has 0 bridgehead atoms. The van der Waals surface area contributed by atoms with Crippen molar-refractivity contribution >= 4 is 33.0 Å². The van der Waals surface area contributed by atoms with Gasteiger partial charge in [0.15, 0.2) is 0 Å². The van der Waals surface area contributed by atoms with Gasteiger partial charge in [-0.05, 0) is 34.6 Å². The largest absolute Gasteiger partial charge is 0.442 e. The monoisotopic (exact) mass is 350 g/mol. The Hall–Kier alpha value is 0.0869. The van der Waals surface area contributed by atoms with E-state index < -0.39 is 6.06 Å². The van der Waals surface area contributed by atoms with E-state index in [1.54, 1.807) is 0 Å². The normalized spacial score (nSPS) is 11.7. The molecule has 0 unspecified atom stereocenters. The molecule has 0 spiro atoms. The van der Waals surface area contributed by atoms with Gasteiger partial charge < -0.3 is 8.85 Å². The van der Waals surface area contributed by atoms with E-state index >= 15 is 0 Å². The van der Waals surface area contributed by atoms with Crippen molar-refractivity contribution < 1.29 is 8.85 Å². The fourth-order valence-corrected chi connectivity index (χ4v) is 5.65. The predicted octanol–water partition coefficient (Wildman–Crippen LogP) is 3.12. The van der Waals surface area contributed by atoms with Crippen LogP contribution >= 0.6 is 21.8 Å². The third-order valence-corrected chi connectivity index (χ3v) is 8.01. The minimum Gasteiger partial charge on any atom is -0.384 e. The fourth-order valence-electron chi connectivity index (χ4n) is 1.31. The van der Waals surface area contributed by atoms with E-state index in [9.17, 15) is 0 Å². The lowest BCUT2D eigenvalue weighted by molar-refractivity contribution is 0.204. The van der Waals surface area contributed by atoms with Gasteiger partial charge in [-0.2, -0.15) is 0 Å². The first-order chi connectivity index (χ1) is 7.73. The SMILES string of the molecule is CCCO[Si](I)(OCCC)c1ccccc1. The zero-order chi connectivity index (χ0) is 11.9. The van der Waals surface area contributed by atoms with E-state index in [1.807, 2.05) is 18.2 Å². The minimum absolute atomic E-state index is 0.772. The van der Waals surface area contributed by atoms with Crippen molar-refractivity contribution in [1.29, 1.82) is 0 Å². The van der Waals surface area contributed by atoms with Gasteiger partial charge in [-0.25, -0.2) is 0 Å². The fraction of sp³-hybridized carbons (Fsp3) is 0.500. The quantitative estimate of drug-likeness (QED) is 0.427. The molecule has 0 heterocycles. The van der Waals surface area contributed by atoms with Gasteiger partial charge in [-0.3, -0.25) is 0 Å². The minimum atomic E-state index is -2.20. The van der Waals surface area contributed by atoms with Crippen molar-refractivity contribution in [1.82, 2.24) is 0 Å². The molecule has 4 heteroatoms. The summed E-state index contributed by atoms with van der Waals surface area (Å²) in [5.74, 6) is 0. The average molecular weight is 350 g/mol. The lowest BCUT2D eigenvalue weighted by Crippen LogP contribution is -2.48. The van der Waals surface area contributed by atoms with E-state index in [0.29, 0.717) is 0 Å². The molecule has 1 aromatic rings. The first-order valence-corrected chi connectivity index (χ1v) is 10.7. The van der Waals surface area contributed by atoms with E-state index in [2.05, 4.69) is 47.8 Å². The van der Waals surface area contributed by atoms with Crippen molar-refractivity contribution in [2.24, 2.45) is 0 Å². The molecule has 0 N–H and O–H groups in total. The molecule has 0 aliphatic rings. The smallest absolute Gasteiger partial charge is 0.384 e. The lowest BCUT2D eigenvalue weighted by atomic mass is 10.4. The molecule has 1 rings (SSSR count). The van der Waals surface area contributed by atoms with Crippen molar-refractivity contribution in [2.75, 3.05) is 13.2 Å². The van der Waals surface area contributed by atoms with E-state index in [1.165, 1.54) is 5.19 Å². The van der Waals surface area contributed by atoms with E-state index in [0.717, 1.165) is 26.1 Å². The van der Waals surface area contributed by atoms with Gasteiger partial charge in [0.05, 0.1) is 0 Å². The van der Waals surface area contributed by atoms with E-state index in [4.69, 9.17) is 8.85 Å². The number of hydrogen-bond acceptors (Lipinski definition) is 2.